The van der Waals surface area contributed by atoms with E-state index in [1.165, 1.54) is 5.56 Å². The van der Waals surface area contributed by atoms with Gasteiger partial charge in [0.25, 0.3) is 5.91 Å². The van der Waals surface area contributed by atoms with Gasteiger partial charge in [-0.05, 0) is 81.7 Å². The number of likely N-dealkylation sites (tertiary alicyclic amines) is 1. The van der Waals surface area contributed by atoms with Crippen molar-refractivity contribution in [3.05, 3.63) is 71.1 Å². The zero-order chi connectivity index (χ0) is 27.3. The Kier molecular flexibility index (Phi) is 8.62. The van der Waals surface area contributed by atoms with Gasteiger partial charge in [0.1, 0.15) is 5.82 Å². The fraction of sp³-hybridized carbons (Fsp3) is 0.467. The lowest BCUT2D eigenvalue weighted by Gasteiger charge is -2.41. The molecule has 1 aliphatic heterocycles. The van der Waals surface area contributed by atoms with Crippen LogP contribution in [0.4, 0.5) is 5.82 Å². The van der Waals surface area contributed by atoms with Crippen molar-refractivity contribution in [2.75, 3.05) is 31.5 Å². The number of amides is 2. The largest absolute Gasteiger partial charge is 0.402 e. The average Bonchev–Trinajstić information content (AvgIpc) is 3.24. The number of pyridine rings is 1. The number of carbonyl (C=O) groups is 2. The van der Waals surface area contributed by atoms with Gasteiger partial charge in [0.2, 0.25) is 5.91 Å². The molecule has 0 saturated carbocycles. The van der Waals surface area contributed by atoms with Gasteiger partial charge in [-0.25, -0.2) is 4.98 Å². The molecule has 202 valence electrons. The van der Waals surface area contributed by atoms with Crippen molar-refractivity contribution in [2.45, 2.75) is 64.5 Å². The molecule has 1 saturated heterocycles. The molecule has 1 spiro atoms. The van der Waals surface area contributed by atoms with Crippen molar-refractivity contribution < 1.29 is 9.59 Å². The van der Waals surface area contributed by atoms with Crippen LogP contribution < -0.4 is 11.1 Å². The Morgan fingerprint density at radius 3 is 2.55 bits per heavy atom. The van der Waals surface area contributed by atoms with Gasteiger partial charge in [-0.1, -0.05) is 24.3 Å². The lowest BCUT2D eigenvalue weighted by molar-refractivity contribution is -0.117. The van der Waals surface area contributed by atoms with Crippen LogP contribution in [0.2, 0.25) is 0 Å². The zero-order valence-corrected chi connectivity index (χ0v) is 23.0. The fourth-order valence-electron chi connectivity index (χ4n) is 5.81. The Hall–Kier alpha value is -3.52. The van der Waals surface area contributed by atoms with Gasteiger partial charge in [0, 0.05) is 44.3 Å². The lowest BCUT2D eigenvalue weighted by atomic mass is 9.73. The van der Waals surface area contributed by atoms with Gasteiger partial charge in [-0.3, -0.25) is 19.5 Å². The summed E-state index contributed by atoms with van der Waals surface area (Å²) in [6.07, 6.45) is 8.00. The van der Waals surface area contributed by atoms with Crippen LogP contribution in [0, 0.1) is 0 Å². The van der Waals surface area contributed by atoms with Crippen molar-refractivity contribution in [1.29, 1.82) is 0 Å². The molecule has 1 fully saturated rings. The molecule has 0 radical (unpaired) electrons. The maximum Gasteiger partial charge on any atom is 0.255 e. The van der Waals surface area contributed by atoms with Crippen molar-refractivity contribution in [1.82, 2.24) is 14.8 Å². The smallest absolute Gasteiger partial charge is 0.255 e. The van der Waals surface area contributed by atoms with Crippen LogP contribution in [0.5, 0.6) is 0 Å². The summed E-state index contributed by atoms with van der Waals surface area (Å²) in [4.78, 5) is 39.2. The summed E-state index contributed by atoms with van der Waals surface area (Å²) >= 11 is 0. The SMILES string of the molecule is CCN(CC)C(=O)c1ccc(NC(=O)C2CC3(CCN(C(C)/N=C\C=C(/C)N)CC3)c3ccccc32)nc1. The highest BCUT2D eigenvalue weighted by Gasteiger charge is 2.47. The molecule has 8 nitrogen and oxygen atoms in total. The number of aromatic nitrogens is 1. The van der Waals surface area contributed by atoms with Gasteiger partial charge in [-0.2, -0.15) is 0 Å². The van der Waals surface area contributed by atoms with Crippen LogP contribution >= 0.6 is 0 Å². The summed E-state index contributed by atoms with van der Waals surface area (Å²) in [6.45, 7) is 11.0. The number of hydrogen-bond donors (Lipinski definition) is 2. The van der Waals surface area contributed by atoms with Crippen molar-refractivity contribution >= 4 is 23.8 Å². The summed E-state index contributed by atoms with van der Waals surface area (Å²) in [7, 11) is 0. The van der Waals surface area contributed by atoms with E-state index in [9.17, 15) is 9.59 Å². The Morgan fingerprint density at radius 2 is 1.92 bits per heavy atom. The number of rotatable bonds is 8. The number of carbonyl (C=O) groups excluding carboxylic acids is 2. The highest BCUT2D eigenvalue weighted by atomic mass is 16.2. The first-order valence-electron chi connectivity index (χ1n) is 13.6. The standard InChI is InChI=1S/C30H40N6O2/c1-5-35(6-2)29(38)23-11-12-27(33-20-23)34-28(37)25-19-30(26-10-8-7-9-24(25)26)14-17-36(18-15-30)22(4)32-16-13-21(3)31/h7-13,16,20,22,25H,5-6,14-15,17-19,31H2,1-4H3,(H,33,34,37)/b21-13+,32-16-. The first kappa shape index (κ1) is 27.5. The highest BCUT2D eigenvalue weighted by Crippen LogP contribution is 2.52. The number of benzene rings is 1. The number of fused-ring (bicyclic) bond motifs is 2. The number of hydrogen-bond acceptors (Lipinski definition) is 6. The van der Waals surface area contributed by atoms with E-state index in [4.69, 9.17) is 5.73 Å². The first-order valence-corrected chi connectivity index (χ1v) is 13.6. The topological polar surface area (TPSA) is 104 Å². The monoisotopic (exact) mass is 516 g/mol. The second kappa shape index (κ2) is 11.9. The minimum Gasteiger partial charge on any atom is -0.402 e. The number of allylic oxidation sites excluding steroid dienone is 2. The summed E-state index contributed by atoms with van der Waals surface area (Å²) < 4.78 is 0. The van der Waals surface area contributed by atoms with E-state index in [1.54, 1.807) is 29.4 Å². The van der Waals surface area contributed by atoms with E-state index in [2.05, 4.69) is 45.3 Å². The van der Waals surface area contributed by atoms with Gasteiger partial charge < -0.3 is 16.0 Å². The number of nitrogens with zero attached hydrogens (tertiary/aromatic N) is 4. The molecule has 4 rings (SSSR count). The van der Waals surface area contributed by atoms with Gasteiger partial charge in [0.15, 0.2) is 0 Å². The van der Waals surface area contributed by atoms with E-state index in [1.807, 2.05) is 32.9 Å². The number of nitrogens with one attached hydrogen (secondary N) is 1. The third kappa shape index (κ3) is 5.80. The maximum atomic E-state index is 13.5. The Balaban J connectivity index is 1.44. The van der Waals surface area contributed by atoms with E-state index in [0.717, 1.165) is 43.6 Å². The number of piperidine rings is 1. The molecular formula is C30H40N6O2. The highest BCUT2D eigenvalue weighted by molar-refractivity contribution is 5.97. The van der Waals surface area contributed by atoms with Crippen LogP contribution in [0.1, 0.15) is 74.4 Å². The Labute approximate surface area is 226 Å². The van der Waals surface area contributed by atoms with Gasteiger partial charge in [0.05, 0.1) is 17.6 Å². The molecule has 2 aromatic rings. The van der Waals surface area contributed by atoms with Crippen molar-refractivity contribution in [2.24, 2.45) is 10.7 Å². The number of anilines is 1. The minimum absolute atomic E-state index is 0.0141. The predicted octanol–water partition coefficient (Wildman–Crippen LogP) is 4.30. The van der Waals surface area contributed by atoms with Crippen LogP contribution in [0.15, 0.2) is 59.4 Å². The molecule has 2 amide bonds. The molecule has 2 heterocycles. The molecular weight excluding hydrogens is 476 g/mol. The normalized spacial score (nSPS) is 19.9. The first-order chi connectivity index (χ1) is 18.3. The molecule has 1 aromatic carbocycles. The van der Waals surface area contributed by atoms with Crippen LogP contribution in [0.3, 0.4) is 0 Å². The molecule has 0 bridgehead atoms. The summed E-state index contributed by atoms with van der Waals surface area (Å²) in [5.41, 5.74) is 9.37. The third-order valence-corrected chi connectivity index (χ3v) is 8.05. The molecule has 3 N–H and O–H groups in total. The van der Waals surface area contributed by atoms with Crippen LogP contribution in [-0.2, 0) is 10.2 Å². The fourth-order valence-corrected chi connectivity index (χ4v) is 5.81. The van der Waals surface area contributed by atoms with E-state index >= 15 is 0 Å². The van der Waals surface area contributed by atoms with Crippen LogP contribution in [0.25, 0.3) is 0 Å². The van der Waals surface area contributed by atoms with Gasteiger partial charge >= 0.3 is 0 Å². The lowest BCUT2D eigenvalue weighted by Crippen LogP contribution is -2.45. The van der Waals surface area contributed by atoms with Crippen molar-refractivity contribution in [3.8, 4) is 0 Å². The molecule has 2 unspecified atom stereocenters. The Bertz CT molecular complexity index is 1190. The molecule has 2 aliphatic rings. The quantitative estimate of drug-likeness (QED) is 0.509. The maximum absolute atomic E-state index is 13.5. The summed E-state index contributed by atoms with van der Waals surface area (Å²) in [5.74, 6) is 0.135. The molecule has 1 aromatic heterocycles. The number of nitrogens with two attached hydrogens (primary N) is 1. The minimum atomic E-state index is -0.232. The van der Waals surface area contributed by atoms with Gasteiger partial charge in [-0.15, -0.1) is 0 Å². The molecule has 38 heavy (non-hydrogen) atoms. The second-order valence-corrected chi connectivity index (χ2v) is 10.4. The summed E-state index contributed by atoms with van der Waals surface area (Å²) in [5, 5.41) is 3.01. The van der Waals surface area contributed by atoms with Crippen LogP contribution in [-0.4, -0.2) is 65.2 Å². The van der Waals surface area contributed by atoms with E-state index in [0.29, 0.717) is 24.5 Å². The molecule has 1 aliphatic carbocycles. The van der Waals surface area contributed by atoms with E-state index in [-0.39, 0.29) is 29.3 Å². The molecule has 2 atom stereocenters. The average molecular weight is 517 g/mol. The van der Waals surface area contributed by atoms with E-state index < -0.39 is 0 Å². The predicted molar refractivity (Wildman–Crippen MR) is 152 cm³/mol. The zero-order valence-electron chi connectivity index (χ0n) is 23.0. The molecule has 8 heteroatoms. The van der Waals surface area contributed by atoms with Crippen molar-refractivity contribution in [3.63, 3.8) is 0 Å². The number of aliphatic imine (C=N–C) groups is 1. The summed E-state index contributed by atoms with van der Waals surface area (Å²) in [6, 6.07) is 11.8. The Morgan fingerprint density at radius 1 is 1.21 bits per heavy atom. The second-order valence-electron chi connectivity index (χ2n) is 10.4. The third-order valence-electron chi connectivity index (χ3n) is 8.05.